The Morgan fingerprint density at radius 2 is 1.48 bits per heavy atom. The van der Waals surface area contributed by atoms with Crippen LogP contribution in [0.15, 0.2) is 22.2 Å². The summed E-state index contributed by atoms with van der Waals surface area (Å²) in [6.07, 6.45) is -11.1. The van der Waals surface area contributed by atoms with E-state index in [9.17, 15) is 53.5 Å². The summed E-state index contributed by atoms with van der Waals surface area (Å²) in [4.78, 5) is 65.4. The second-order valence-electron chi connectivity index (χ2n) is 11.3. The van der Waals surface area contributed by atoms with Crippen LogP contribution in [0.3, 0.4) is 0 Å². The fourth-order valence-electron chi connectivity index (χ4n) is 5.45. The standard InChI is InChI=1S/C21H28BN10O17P3/c1-30-5-32(15-9(30)17(38)29-21(24)27-15)19-13(36)11(34)7(47-19)3-45-52(42,43)49-50(22,39)48-51(40,41)44-2-6-10(33)12(35)18(46-6)31-4-25-8-14(31)26-20(23)28-16(8)37/h4-7,10-13,18-19,33-36H,2-3H2,1H3,(H7-,23,24,26,27,28,29,37,38,40,41,42,43)/q-1/p-1/t6-,7-,10-,11-,12-,13-,18-,19-,50?/m1/s1. The molecule has 11 atom stereocenters. The monoisotopic (exact) mass is 795 g/mol. The van der Waals surface area contributed by atoms with Gasteiger partial charge in [0.05, 0.1) is 34.1 Å². The van der Waals surface area contributed by atoms with Gasteiger partial charge in [-0.1, -0.05) is 4.98 Å². The van der Waals surface area contributed by atoms with Crippen molar-refractivity contribution >= 4 is 64.9 Å². The number of aryl methyl sites for hydroxylation is 1. The maximum atomic E-state index is 12.6. The number of rotatable bonds is 12. The third-order valence-electron chi connectivity index (χ3n) is 7.68. The number of phosphoric acid groups is 2. The van der Waals surface area contributed by atoms with Gasteiger partial charge in [-0.3, -0.25) is 46.4 Å². The number of H-pyrrole nitrogens is 2. The lowest BCUT2D eigenvalue weighted by atomic mass is 10.1. The second-order valence-corrected chi connectivity index (χ2v) is 16.0. The smallest absolute Gasteiger partial charge is 0.313 e. The minimum Gasteiger partial charge on any atom is -0.756 e. The van der Waals surface area contributed by atoms with E-state index < -0.39 is 96.5 Å². The van der Waals surface area contributed by atoms with Crippen LogP contribution >= 0.6 is 23.1 Å². The van der Waals surface area contributed by atoms with Gasteiger partial charge in [0.25, 0.3) is 32.7 Å². The summed E-state index contributed by atoms with van der Waals surface area (Å²) in [5, 5.41) is 42.0. The number of anilines is 2. The van der Waals surface area contributed by atoms with E-state index in [2.05, 4.69) is 42.6 Å². The molecule has 283 valence electrons. The summed E-state index contributed by atoms with van der Waals surface area (Å²) in [5.74, 6) is -0.591. The predicted octanol–water partition coefficient (Wildman–Crippen LogP) is -5.64. The van der Waals surface area contributed by atoms with Crippen molar-refractivity contribution in [1.29, 1.82) is 0 Å². The van der Waals surface area contributed by atoms with Crippen molar-refractivity contribution in [2.75, 3.05) is 24.7 Å². The van der Waals surface area contributed by atoms with Crippen molar-refractivity contribution in [2.24, 2.45) is 7.05 Å². The Morgan fingerprint density at radius 1 is 0.923 bits per heavy atom. The first-order valence-corrected chi connectivity index (χ1v) is 18.9. The zero-order valence-electron chi connectivity index (χ0n) is 26.0. The summed E-state index contributed by atoms with van der Waals surface area (Å²) in [6.45, 7) is -2.22. The molecular weight excluding hydrogens is 768 g/mol. The molecule has 2 aliphatic heterocycles. The zero-order valence-corrected chi connectivity index (χ0v) is 28.7. The summed E-state index contributed by atoms with van der Waals surface area (Å²) < 4.78 is 69.2. The molecule has 3 radical (unpaired) electrons. The average Bonchev–Trinajstić information content (AvgIpc) is 3.74. The Morgan fingerprint density at radius 3 is 2.12 bits per heavy atom. The van der Waals surface area contributed by atoms with E-state index >= 15 is 0 Å². The maximum absolute atomic E-state index is 12.6. The number of aromatic amines is 2. The number of aliphatic hydroxyl groups is 4. The molecule has 0 aromatic carbocycles. The van der Waals surface area contributed by atoms with Gasteiger partial charge in [-0.15, -0.1) is 0 Å². The highest BCUT2D eigenvalue weighted by atomic mass is 31.3. The lowest BCUT2D eigenvalue weighted by molar-refractivity contribution is -0.745. The van der Waals surface area contributed by atoms with Crippen LogP contribution in [-0.4, -0.2) is 112 Å². The molecule has 6 heterocycles. The van der Waals surface area contributed by atoms with Gasteiger partial charge in [0, 0.05) is 0 Å². The van der Waals surface area contributed by atoms with E-state index in [1.165, 1.54) is 17.9 Å². The first-order valence-electron chi connectivity index (χ1n) is 14.4. The van der Waals surface area contributed by atoms with Gasteiger partial charge in [0.1, 0.15) is 36.6 Å². The number of hydrogen-bond acceptors (Lipinski definition) is 22. The number of ether oxygens (including phenoxy) is 2. The normalized spacial score (nSPS) is 30.1. The van der Waals surface area contributed by atoms with Crippen molar-refractivity contribution in [2.45, 2.75) is 49.1 Å². The van der Waals surface area contributed by atoms with E-state index in [0.29, 0.717) is 0 Å². The van der Waals surface area contributed by atoms with Crippen LogP contribution in [0.2, 0.25) is 0 Å². The lowest BCUT2D eigenvalue weighted by Gasteiger charge is -2.37. The molecule has 0 spiro atoms. The number of aliphatic hydroxyl groups excluding tert-OH is 4. The summed E-state index contributed by atoms with van der Waals surface area (Å²) in [7, 11) is -10.7. The molecule has 2 fully saturated rings. The van der Waals surface area contributed by atoms with Crippen molar-refractivity contribution in [3.05, 3.63) is 33.4 Å². The Labute approximate surface area is 288 Å². The number of hydrogen-bond donors (Lipinski definition) is 8. The first kappa shape index (κ1) is 38.3. The SMILES string of the molecule is [B-]P(=O)(OP(=O)([O-])OC[C@H]1O[C@@H](n2cnc3c(=O)[nH]c(N)nc32)[C@H](O)[C@@H]1O)OP(=O)([O-])OC[C@H]1O[C@@H]([n+]2cn(C)c3c(=O)[nH]c(N)nc32)[C@H](O)[C@@H]1O. The van der Waals surface area contributed by atoms with E-state index in [1.54, 1.807) is 0 Å². The molecule has 2 aliphatic rings. The Kier molecular flexibility index (Phi) is 10.1. The molecule has 27 nitrogen and oxygen atoms in total. The van der Waals surface area contributed by atoms with Crippen LogP contribution in [0.1, 0.15) is 12.5 Å². The third-order valence-corrected chi connectivity index (χ3v) is 12.0. The highest BCUT2D eigenvalue weighted by Gasteiger charge is 2.48. The summed E-state index contributed by atoms with van der Waals surface area (Å²) >= 11 is 0. The quantitative estimate of drug-likeness (QED) is 0.0376. The third kappa shape index (κ3) is 7.50. The number of nitrogens with one attached hydrogen (secondary N) is 2. The molecule has 52 heavy (non-hydrogen) atoms. The van der Waals surface area contributed by atoms with Gasteiger partial charge in [0.15, 0.2) is 23.7 Å². The highest BCUT2D eigenvalue weighted by molar-refractivity contribution is 7.86. The fourth-order valence-corrected chi connectivity index (χ4v) is 9.10. The van der Waals surface area contributed by atoms with Crippen molar-refractivity contribution < 1.29 is 75.6 Å². The Balaban J connectivity index is 1.05. The second kappa shape index (κ2) is 13.8. The van der Waals surface area contributed by atoms with E-state index in [4.69, 9.17) is 28.5 Å². The molecule has 4 aromatic rings. The summed E-state index contributed by atoms with van der Waals surface area (Å²) in [6, 6.07) is 0. The van der Waals surface area contributed by atoms with E-state index in [1.807, 2.05) is 0 Å². The van der Waals surface area contributed by atoms with Gasteiger partial charge < -0.3 is 72.3 Å². The molecule has 10 N–H and O–H groups in total. The lowest BCUT2D eigenvalue weighted by Crippen LogP contribution is -2.46. The van der Waals surface area contributed by atoms with Crippen LogP contribution in [0.5, 0.6) is 0 Å². The minimum atomic E-state index is -5.84. The molecule has 4 aromatic heterocycles. The van der Waals surface area contributed by atoms with Crippen LogP contribution in [0, 0.1) is 0 Å². The van der Waals surface area contributed by atoms with Crippen LogP contribution in [0.4, 0.5) is 11.9 Å². The number of aromatic nitrogens is 8. The molecule has 0 amide bonds. The van der Waals surface area contributed by atoms with Crippen LogP contribution in [0.25, 0.3) is 22.3 Å². The Bertz CT molecular complexity index is 2280. The van der Waals surface area contributed by atoms with E-state index in [-0.39, 0.29) is 34.2 Å². The Hall–Kier alpha value is -3.43. The molecule has 31 heteroatoms. The minimum absolute atomic E-state index is 0.00861. The molecule has 0 saturated carbocycles. The molecule has 3 unspecified atom stereocenters. The van der Waals surface area contributed by atoms with Gasteiger partial charge in [-0.05, 0) is 0 Å². The van der Waals surface area contributed by atoms with Crippen LogP contribution in [-0.2, 0) is 47.9 Å². The van der Waals surface area contributed by atoms with Gasteiger partial charge in [-0.2, -0.15) is 4.98 Å². The number of fused-ring (bicyclic) bond motifs is 2. The molecular formula is C21H27BN10O17P3-2. The number of nitrogen functional groups attached to an aromatic ring is 2. The molecule has 0 bridgehead atoms. The van der Waals surface area contributed by atoms with Crippen molar-refractivity contribution in [1.82, 2.24) is 34.1 Å². The number of nitrogens with zero attached hydrogens (tertiary/aromatic N) is 6. The first-order chi connectivity index (χ1) is 24.2. The number of nitrogens with two attached hydrogens (primary N) is 2. The van der Waals surface area contributed by atoms with E-state index in [0.717, 1.165) is 15.5 Å². The van der Waals surface area contributed by atoms with Crippen molar-refractivity contribution in [3.63, 3.8) is 0 Å². The summed E-state index contributed by atoms with van der Waals surface area (Å²) in [5.41, 5.74) is 9.37. The van der Waals surface area contributed by atoms with Crippen LogP contribution < -0.4 is 36.9 Å². The zero-order chi connectivity index (χ0) is 38.1. The predicted molar refractivity (Wildman–Crippen MR) is 163 cm³/mol. The number of imidazole rings is 2. The topological polar surface area (TPSA) is 404 Å². The molecule has 0 aliphatic carbocycles. The van der Waals surface area contributed by atoms with Crippen molar-refractivity contribution in [3.8, 4) is 0 Å². The van der Waals surface area contributed by atoms with Gasteiger partial charge in [-0.25, -0.2) is 9.55 Å². The fraction of sp³-hybridized carbons (Fsp3) is 0.524. The highest BCUT2D eigenvalue weighted by Crippen LogP contribution is 2.65. The molecule has 2 saturated heterocycles. The maximum Gasteiger partial charge on any atom is 0.313 e. The largest absolute Gasteiger partial charge is 0.756 e. The average molecular weight is 795 g/mol. The van der Waals surface area contributed by atoms with Gasteiger partial charge in [0.2, 0.25) is 17.7 Å². The number of phosphoric ester groups is 2. The van der Waals surface area contributed by atoms with Gasteiger partial charge >= 0.3 is 5.65 Å². The molecule has 6 rings (SSSR count).